The van der Waals surface area contributed by atoms with Crippen LogP contribution in [0.4, 0.5) is 17.1 Å². The third kappa shape index (κ3) is 5.08. The van der Waals surface area contributed by atoms with Gasteiger partial charge in [0.05, 0.1) is 22.5 Å². The Morgan fingerprint density at radius 3 is 2.00 bits per heavy atom. The van der Waals surface area contributed by atoms with Crippen LogP contribution in [0.1, 0.15) is 51.2 Å². The van der Waals surface area contributed by atoms with Crippen molar-refractivity contribution in [2.45, 2.75) is 39.9 Å². The molecule has 0 radical (unpaired) electrons. The van der Waals surface area contributed by atoms with Crippen LogP contribution >= 0.6 is 0 Å². The second-order valence-electron chi connectivity index (χ2n) is 10.2. The Kier molecular flexibility index (Phi) is 4.26. The predicted octanol–water partition coefficient (Wildman–Crippen LogP) is 9.93. The number of nitrogens with two attached hydrogens (primary N) is 1. The quantitative estimate of drug-likeness (QED) is 0.233. The molecule has 0 aliphatic rings. The highest BCUT2D eigenvalue weighted by molar-refractivity contribution is 5.94. The Bertz CT molecular complexity index is 1990. The van der Waals surface area contributed by atoms with Crippen molar-refractivity contribution in [2.75, 3.05) is 11.1 Å². The Balaban J connectivity index is 1.83. The van der Waals surface area contributed by atoms with Gasteiger partial charge in [-0.1, -0.05) is 118 Å². The topological polar surface area (TPSA) is 38.0 Å². The summed E-state index contributed by atoms with van der Waals surface area (Å²) in [7, 11) is 0. The minimum Gasteiger partial charge on any atom is -0.397 e. The van der Waals surface area contributed by atoms with Crippen LogP contribution in [0.2, 0.25) is 0 Å². The molecule has 0 fully saturated rings. The Labute approximate surface area is 241 Å². The molecule has 0 aliphatic carbocycles. The minimum absolute atomic E-state index is 0.0363. The lowest BCUT2D eigenvalue weighted by atomic mass is 9.85. The molecule has 5 aromatic carbocycles. The first-order valence-electron chi connectivity index (χ1n) is 17.4. The molecule has 0 aliphatic heterocycles. The third-order valence-electron chi connectivity index (χ3n) is 6.48. The summed E-state index contributed by atoms with van der Waals surface area (Å²) < 4.78 is 85.2. The van der Waals surface area contributed by atoms with Crippen LogP contribution in [0.5, 0.6) is 0 Å². The average Bonchev–Trinajstić information content (AvgIpc) is 3.00. The molecule has 5 aromatic rings. The monoisotopic (exact) mass is 506 g/mol. The molecule has 2 nitrogen and oxygen atoms in total. The number of nitrogen functional groups attached to an aromatic ring is 1. The van der Waals surface area contributed by atoms with E-state index in [4.69, 9.17) is 19.4 Å². The molecule has 3 N–H and O–H groups in total. The smallest absolute Gasteiger partial charge is 0.0629 e. The van der Waals surface area contributed by atoms with Gasteiger partial charge in [-0.25, -0.2) is 0 Å². The van der Waals surface area contributed by atoms with Gasteiger partial charge in [0.15, 0.2) is 0 Å². The molecule has 0 aromatic heterocycles. The zero-order valence-electron chi connectivity index (χ0n) is 31.7. The molecule has 0 unspecified atom stereocenters. The largest absolute Gasteiger partial charge is 0.397 e. The number of rotatable bonds is 5. The van der Waals surface area contributed by atoms with Gasteiger partial charge in [0.1, 0.15) is 0 Å². The molecular formula is C36H36N2. The number of nitrogens with one attached hydrogen (secondary N) is 1. The van der Waals surface area contributed by atoms with Crippen molar-refractivity contribution in [3.05, 3.63) is 126 Å². The van der Waals surface area contributed by atoms with E-state index in [-0.39, 0.29) is 46.4 Å². The fraction of sp³-hybridized carbons (Fsp3) is 0.167. The molecule has 38 heavy (non-hydrogen) atoms. The minimum atomic E-state index is -2.62. The second-order valence-corrected chi connectivity index (χ2v) is 10.2. The summed E-state index contributed by atoms with van der Waals surface area (Å²) >= 11 is 0. The zero-order chi connectivity index (χ0) is 35.3. The van der Waals surface area contributed by atoms with E-state index in [0.717, 1.165) is 0 Å². The van der Waals surface area contributed by atoms with Gasteiger partial charge in [0.2, 0.25) is 0 Å². The van der Waals surface area contributed by atoms with Crippen LogP contribution in [0.25, 0.3) is 33.4 Å². The maximum absolute atomic E-state index is 9.03. The number of para-hydroxylation sites is 3. The number of hydrogen-bond acceptors (Lipinski definition) is 2. The summed E-state index contributed by atoms with van der Waals surface area (Å²) in [6.07, 6.45) is 0. The van der Waals surface area contributed by atoms with E-state index in [1.165, 1.54) is 12.1 Å². The van der Waals surface area contributed by atoms with Crippen molar-refractivity contribution in [2.24, 2.45) is 0 Å². The highest BCUT2D eigenvalue weighted by atomic mass is 14.9. The zero-order valence-corrected chi connectivity index (χ0v) is 21.7. The van der Waals surface area contributed by atoms with Crippen molar-refractivity contribution in [3.63, 3.8) is 0 Å². The summed E-state index contributed by atoms with van der Waals surface area (Å²) in [6, 6.07) is 22.7. The fourth-order valence-electron chi connectivity index (χ4n) is 4.37. The first kappa shape index (κ1) is 15.8. The van der Waals surface area contributed by atoms with Crippen LogP contribution < -0.4 is 11.1 Å². The molecule has 190 valence electrons. The standard InChI is InChI=1S/C36H36N2/c1-24-11-6-7-12-29(24)30-22-19-27(23-25(30)2)32-14-10-13-31(26-17-20-28(21-18-26)36(3,4)5)35(32)38-34-16-9-8-15-33(34)37/h6-23,38H,37H2,1-5H3/i1D3,2D3,17D,18D,20D,21D. The van der Waals surface area contributed by atoms with Crippen molar-refractivity contribution < 1.29 is 13.7 Å². The van der Waals surface area contributed by atoms with E-state index in [1.54, 1.807) is 72.8 Å². The number of anilines is 3. The van der Waals surface area contributed by atoms with Crippen molar-refractivity contribution in [1.82, 2.24) is 0 Å². The first-order valence-corrected chi connectivity index (χ1v) is 12.4. The molecule has 0 saturated heterocycles. The Morgan fingerprint density at radius 1 is 0.658 bits per heavy atom. The number of hydrogen-bond donors (Lipinski definition) is 2. The van der Waals surface area contributed by atoms with Crippen LogP contribution in [-0.2, 0) is 5.41 Å². The highest BCUT2D eigenvalue weighted by Crippen LogP contribution is 2.41. The van der Waals surface area contributed by atoms with Crippen LogP contribution in [0.15, 0.2) is 109 Å². The molecule has 5 rings (SSSR count). The summed E-state index contributed by atoms with van der Waals surface area (Å²) in [6.45, 7) is 0.427. The third-order valence-corrected chi connectivity index (χ3v) is 6.48. The van der Waals surface area contributed by atoms with E-state index in [1.807, 2.05) is 20.8 Å². The lowest BCUT2D eigenvalue weighted by Gasteiger charge is -2.21. The van der Waals surface area contributed by atoms with Gasteiger partial charge in [0, 0.05) is 19.4 Å². The molecular weight excluding hydrogens is 460 g/mol. The number of benzene rings is 5. The maximum atomic E-state index is 9.03. The van der Waals surface area contributed by atoms with Crippen LogP contribution in [0.3, 0.4) is 0 Å². The van der Waals surface area contributed by atoms with Crippen LogP contribution in [-0.4, -0.2) is 0 Å². The van der Waals surface area contributed by atoms with Gasteiger partial charge >= 0.3 is 0 Å². The highest BCUT2D eigenvalue weighted by Gasteiger charge is 2.17. The summed E-state index contributed by atoms with van der Waals surface area (Å²) in [5.41, 5.74) is 9.27. The summed E-state index contributed by atoms with van der Waals surface area (Å²) in [5, 5.41) is 3.35. The molecule has 0 amide bonds. The van der Waals surface area contributed by atoms with Gasteiger partial charge < -0.3 is 11.1 Å². The molecule has 0 bridgehead atoms. The van der Waals surface area contributed by atoms with Crippen molar-refractivity contribution >= 4 is 17.1 Å². The van der Waals surface area contributed by atoms with Gasteiger partial charge in [0.25, 0.3) is 0 Å². The Morgan fingerprint density at radius 2 is 1.29 bits per heavy atom. The normalized spacial score (nSPS) is 15.9. The first-order chi connectivity index (χ1) is 22.3. The van der Waals surface area contributed by atoms with Gasteiger partial charge in [-0.05, 0) is 70.2 Å². The lowest BCUT2D eigenvalue weighted by Crippen LogP contribution is -2.10. The SMILES string of the molecule is [2H]c1c([2H])c(C(C)(C)C)c([2H])c([2H])c1-c1cccc(-c2ccc(-c3ccccc3C([2H])([2H])[2H])c(C([2H])([2H])[2H])c2)c1Nc1ccccc1N. The Hall–Kier alpha value is -4.30. The molecule has 0 spiro atoms. The molecule has 0 heterocycles. The fourth-order valence-corrected chi connectivity index (χ4v) is 4.37. The average molecular weight is 507 g/mol. The van der Waals surface area contributed by atoms with Gasteiger partial charge in [-0.3, -0.25) is 0 Å². The summed E-state index contributed by atoms with van der Waals surface area (Å²) in [5.74, 6) is 0. The molecule has 0 atom stereocenters. The van der Waals surface area contributed by atoms with E-state index in [2.05, 4.69) is 5.32 Å². The predicted molar refractivity (Wildman–Crippen MR) is 165 cm³/mol. The molecule has 0 saturated carbocycles. The van der Waals surface area contributed by atoms with Gasteiger partial charge in [-0.15, -0.1) is 0 Å². The van der Waals surface area contributed by atoms with E-state index in [0.29, 0.717) is 44.9 Å². The summed E-state index contributed by atoms with van der Waals surface area (Å²) in [4.78, 5) is 0. The van der Waals surface area contributed by atoms with Crippen molar-refractivity contribution in [1.29, 1.82) is 0 Å². The van der Waals surface area contributed by atoms with E-state index < -0.39 is 19.1 Å². The van der Waals surface area contributed by atoms with E-state index in [9.17, 15) is 0 Å². The maximum Gasteiger partial charge on any atom is 0.0629 e. The number of aryl methyl sites for hydroxylation is 2. The lowest BCUT2D eigenvalue weighted by molar-refractivity contribution is 0.590. The second kappa shape index (κ2) is 10.2. The van der Waals surface area contributed by atoms with Crippen LogP contribution in [0, 0.1) is 13.7 Å². The van der Waals surface area contributed by atoms with E-state index >= 15 is 0 Å². The van der Waals surface area contributed by atoms with Gasteiger partial charge in [-0.2, -0.15) is 0 Å². The molecule has 2 heteroatoms. The van der Waals surface area contributed by atoms with Crippen molar-refractivity contribution in [3.8, 4) is 33.4 Å².